The minimum Gasteiger partial charge on any atom is -0.309 e. The van der Waals surface area contributed by atoms with Gasteiger partial charge in [-0.25, -0.2) is 4.98 Å². The van der Waals surface area contributed by atoms with Crippen LogP contribution < -0.4 is 0 Å². The summed E-state index contributed by atoms with van der Waals surface area (Å²) in [5, 5.41) is 13.9. The molecule has 0 saturated heterocycles. The van der Waals surface area contributed by atoms with Crippen molar-refractivity contribution < 1.29 is 18.5 Å². The van der Waals surface area contributed by atoms with E-state index in [1.54, 1.807) is 37.6 Å². The van der Waals surface area contributed by atoms with Gasteiger partial charge in [-0.2, -0.15) is 0 Å². The van der Waals surface area contributed by atoms with Gasteiger partial charge in [0.2, 0.25) is 0 Å². The van der Waals surface area contributed by atoms with Crippen molar-refractivity contribution in [3.05, 3.63) is 45.5 Å². The lowest BCUT2D eigenvalue weighted by Crippen LogP contribution is -2.02. The van der Waals surface area contributed by atoms with Gasteiger partial charge >= 0.3 is 7.60 Å². The van der Waals surface area contributed by atoms with E-state index in [1.807, 2.05) is 0 Å². The van der Waals surface area contributed by atoms with Gasteiger partial charge in [0.25, 0.3) is 5.69 Å². The maximum atomic E-state index is 12.6. The number of thiazole rings is 1. The molecule has 0 saturated carbocycles. The third-order valence-corrected chi connectivity index (χ3v) is 5.83. The fraction of sp³-hybridized carbons (Fsp3) is 0.357. The molecular weight excluding hydrogens is 339 g/mol. The van der Waals surface area contributed by atoms with E-state index < -0.39 is 12.5 Å². The van der Waals surface area contributed by atoms with Crippen molar-refractivity contribution in [3.63, 3.8) is 0 Å². The highest BCUT2D eigenvalue weighted by Crippen LogP contribution is 2.52. The Kier molecular flexibility index (Phi) is 6.01. The normalized spacial score (nSPS) is 11.6. The van der Waals surface area contributed by atoms with Crippen LogP contribution in [0.15, 0.2) is 29.8 Å². The maximum Gasteiger partial charge on any atom is 0.335 e. The van der Waals surface area contributed by atoms with E-state index in [4.69, 9.17) is 9.05 Å². The quantitative estimate of drug-likeness (QED) is 0.393. The zero-order valence-electron chi connectivity index (χ0n) is 12.8. The molecule has 0 aliphatic carbocycles. The van der Waals surface area contributed by atoms with Gasteiger partial charge in [0, 0.05) is 28.8 Å². The standard InChI is InChI=1S/C14H17N2O5PS/c1-3-20-22(19,21-4-2)10-12-6-5-11(9-13(12)16(17)18)14-15-7-8-23-14/h5-9H,3-4,10H2,1-2H3. The number of nitro groups is 1. The monoisotopic (exact) mass is 356 g/mol. The second kappa shape index (κ2) is 7.79. The Bertz CT molecular complexity index is 710. The zero-order valence-corrected chi connectivity index (χ0v) is 14.5. The minimum absolute atomic E-state index is 0.114. The Hall–Kier alpha value is -1.60. The number of hydrogen-bond donors (Lipinski definition) is 0. The van der Waals surface area contributed by atoms with Gasteiger partial charge in [-0.15, -0.1) is 11.3 Å². The fourth-order valence-electron chi connectivity index (χ4n) is 2.10. The van der Waals surface area contributed by atoms with Crippen molar-refractivity contribution in [1.29, 1.82) is 0 Å². The van der Waals surface area contributed by atoms with Crippen LogP contribution in [-0.4, -0.2) is 23.1 Å². The Balaban J connectivity index is 2.38. The molecule has 9 heteroatoms. The lowest BCUT2D eigenvalue weighted by Gasteiger charge is -2.17. The van der Waals surface area contributed by atoms with Crippen LogP contribution in [0.2, 0.25) is 0 Å². The number of nitro benzene ring substituents is 1. The lowest BCUT2D eigenvalue weighted by atomic mass is 10.1. The molecule has 1 heterocycles. The van der Waals surface area contributed by atoms with Gasteiger partial charge in [0.05, 0.1) is 24.3 Å². The molecule has 1 aromatic heterocycles. The van der Waals surface area contributed by atoms with Gasteiger partial charge < -0.3 is 9.05 Å². The second-order valence-electron chi connectivity index (χ2n) is 4.54. The van der Waals surface area contributed by atoms with Crippen molar-refractivity contribution in [3.8, 4) is 10.6 Å². The van der Waals surface area contributed by atoms with Crippen LogP contribution in [0.3, 0.4) is 0 Å². The predicted octanol–water partition coefficient (Wildman–Crippen LogP) is 4.48. The highest BCUT2D eigenvalue weighted by atomic mass is 32.1. The molecule has 1 aromatic carbocycles. The van der Waals surface area contributed by atoms with E-state index in [2.05, 4.69) is 4.98 Å². The number of hydrogen-bond acceptors (Lipinski definition) is 7. The van der Waals surface area contributed by atoms with Crippen molar-refractivity contribution in [1.82, 2.24) is 4.98 Å². The summed E-state index contributed by atoms with van der Waals surface area (Å²) in [5.41, 5.74) is 0.857. The summed E-state index contributed by atoms with van der Waals surface area (Å²) < 4.78 is 23.0. The van der Waals surface area contributed by atoms with Gasteiger partial charge in [-0.1, -0.05) is 12.1 Å². The summed E-state index contributed by atoms with van der Waals surface area (Å²) in [4.78, 5) is 15.0. The summed E-state index contributed by atoms with van der Waals surface area (Å²) in [5.74, 6) is 0. The van der Waals surface area contributed by atoms with Crippen LogP contribution in [0.4, 0.5) is 5.69 Å². The van der Waals surface area contributed by atoms with Crippen LogP contribution in [0.25, 0.3) is 10.6 Å². The minimum atomic E-state index is -3.40. The Labute approximate surface area is 138 Å². The van der Waals surface area contributed by atoms with Crippen LogP contribution in [0, 0.1) is 10.1 Å². The molecule has 0 amide bonds. The first-order valence-electron chi connectivity index (χ1n) is 7.04. The highest BCUT2D eigenvalue weighted by molar-refractivity contribution is 7.53. The topological polar surface area (TPSA) is 91.6 Å². The molecule has 7 nitrogen and oxygen atoms in total. The molecule has 0 bridgehead atoms. The van der Waals surface area contributed by atoms with Crippen molar-refractivity contribution in [2.75, 3.05) is 13.2 Å². The summed E-state index contributed by atoms with van der Waals surface area (Å²) in [6.07, 6.45) is 1.50. The molecule has 0 atom stereocenters. The summed E-state index contributed by atoms with van der Waals surface area (Å²) in [6.45, 7) is 3.82. The first-order chi connectivity index (χ1) is 11.0. The molecule has 0 radical (unpaired) electrons. The smallest absolute Gasteiger partial charge is 0.309 e. The van der Waals surface area contributed by atoms with Crippen molar-refractivity contribution >= 4 is 24.6 Å². The van der Waals surface area contributed by atoms with E-state index in [9.17, 15) is 14.7 Å². The molecule has 0 fully saturated rings. The van der Waals surface area contributed by atoms with Crippen molar-refractivity contribution in [2.24, 2.45) is 0 Å². The van der Waals surface area contributed by atoms with Gasteiger partial charge in [0.1, 0.15) is 5.01 Å². The SMILES string of the molecule is CCOP(=O)(Cc1ccc(-c2nccs2)cc1[N+](=O)[O-])OCC. The van der Waals surface area contributed by atoms with Crippen LogP contribution in [0.1, 0.15) is 19.4 Å². The number of aromatic nitrogens is 1. The van der Waals surface area contributed by atoms with Gasteiger partial charge in [-0.05, 0) is 13.8 Å². The summed E-state index contributed by atoms with van der Waals surface area (Å²) >= 11 is 1.39. The molecule has 0 unspecified atom stereocenters. The number of nitrogens with zero attached hydrogens (tertiary/aromatic N) is 2. The first-order valence-corrected chi connectivity index (χ1v) is 9.65. The lowest BCUT2D eigenvalue weighted by molar-refractivity contribution is -0.385. The van der Waals surface area contributed by atoms with E-state index in [0.717, 1.165) is 0 Å². The molecule has 2 aromatic rings. The van der Waals surface area contributed by atoms with Crippen LogP contribution in [0.5, 0.6) is 0 Å². The molecule has 0 aliphatic rings. The van der Waals surface area contributed by atoms with E-state index >= 15 is 0 Å². The maximum absolute atomic E-state index is 12.6. The average molecular weight is 356 g/mol. The largest absolute Gasteiger partial charge is 0.335 e. The van der Waals surface area contributed by atoms with Gasteiger partial charge in [-0.3, -0.25) is 14.7 Å². The first kappa shape index (κ1) is 17.7. The third kappa shape index (κ3) is 4.45. The Morgan fingerprint density at radius 3 is 2.52 bits per heavy atom. The molecular formula is C14H17N2O5PS. The fourth-order valence-corrected chi connectivity index (χ4v) is 4.46. The second-order valence-corrected chi connectivity index (χ2v) is 7.49. The molecule has 2 rings (SSSR count). The van der Waals surface area contributed by atoms with Gasteiger partial charge in [0.15, 0.2) is 0 Å². The van der Waals surface area contributed by atoms with Crippen LogP contribution >= 0.6 is 18.9 Å². The molecule has 0 spiro atoms. The Morgan fingerprint density at radius 2 is 2.00 bits per heavy atom. The van der Waals surface area contributed by atoms with Crippen LogP contribution in [-0.2, 0) is 19.8 Å². The average Bonchev–Trinajstić information content (AvgIpc) is 3.02. The van der Waals surface area contributed by atoms with E-state index in [1.165, 1.54) is 17.4 Å². The summed E-state index contributed by atoms with van der Waals surface area (Å²) in [6, 6.07) is 4.75. The predicted molar refractivity (Wildman–Crippen MR) is 88.8 cm³/mol. The molecule has 0 aliphatic heterocycles. The molecule has 124 valence electrons. The summed E-state index contributed by atoms with van der Waals surface area (Å²) in [7, 11) is -3.40. The number of rotatable bonds is 8. The molecule has 23 heavy (non-hydrogen) atoms. The molecule has 0 N–H and O–H groups in total. The Morgan fingerprint density at radius 1 is 1.30 bits per heavy atom. The van der Waals surface area contributed by atoms with E-state index in [0.29, 0.717) is 16.1 Å². The number of benzene rings is 1. The third-order valence-electron chi connectivity index (χ3n) is 2.98. The van der Waals surface area contributed by atoms with E-state index in [-0.39, 0.29) is 25.1 Å². The zero-order chi connectivity index (χ0) is 16.9. The highest BCUT2D eigenvalue weighted by Gasteiger charge is 2.28. The van der Waals surface area contributed by atoms with Crippen molar-refractivity contribution in [2.45, 2.75) is 20.0 Å².